The number of aliphatic imine (C=N–C) groups is 1. The van der Waals surface area contributed by atoms with Crippen molar-refractivity contribution >= 4 is 22.7 Å². The quantitative estimate of drug-likeness (QED) is 0.564. The van der Waals surface area contributed by atoms with Crippen molar-refractivity contribution in [2.45, 2.75) is 13.8 Å². The minimum absolute atomic E-state index is 0.183. The molecule has 116 valence electrons. The Bertz CT molecular complexity index is 887. The molecule has 0 fully saturated rings. The fourth-order valence-electron chi connectivity index (χ4n) is 2.06. The Balaban J connectivity index is 1.86. The van der Waals surface area contributed by atoms with Crippen molar-refractivity contribution in [3.63, 3.8) is 0 Å². The first kappa shape index (κ1) is 15.2. The SMILES string of the molecule is Cc1ccc(C=Nc2nnc(-c3cccc(O)c3O)s2)cc1C. The van der Waals surface area contributed by atoms with Crippen LogP contribution in [0, 0.1) is 13.8 Å². The van der Waals surface area contributed by atoms with E-state index in [2.05, 4.69) is 35.1 Å². The van der Waals surface area contributed by atoms with E-state index in [9.17, 15) is 10.2 Å². The van der Waals surface area contributed by atoms with Gasteiger partial charge in [-0.2, -0.15) is 0 Å². The number of hydrogen-bond acceptors (Lipinski definition) is 6. The summed E-state index contributed by atoms with van der Waals surface area (Å²) in [5.74, 6) is -0.383. The van der Waals surface area contributed by atoms with Gasteiger partial charge in [0.25, 0.3) is 0 Å². The molecule has 5 nitrogen and oxygen atoms in total. The molecule has 1 aromatic heterocycles. The van der Waals surface area contributed by atoms with Gasteiger partial charge < -0.3 is 10.2 Å². The zero-order chi connectivity index (χ0) is 16.4. The molecule has 2 aromatic carbocycles. The first-order valence-corrected chi connectivity index (χ1v) is 7.82. The molecule has 0 aliphatic rings. The van der Waals surface area contributed by atoms with Gasteiger partial charge in [-0.1, -0.05) is 35.6 Å². The van der Waals surface area contributed by atoms with Crippen LogP contribution in [0.1, 0.15) is 16.7 Å². The largest absolute Gasteiger partial charge is 0.504 e. The number of aryl methyl sites for hydroxylation is 2. The summed E-state index contributed by atoms with van der Waals surface area (Å²) in [6.45, 7) is 4.12. The smallest absolute Gasteiger partial charge is 0.231 e. The molecule has 0 saturated heterocycles. The molecule has 6 heteroatoms. The van der Waals surface area contributed by atoms with Gasteiger partial charge in [-0.05, 0) is 42.7 Å². The predicted molar refractivity (Wildman–Crippen MR) is 91.8 cm³/mol. The van der Waals surface area contributed by atoms with Crippen LogP contribution >= 0.6 is 11.3 Å². The first-order valence-electron chi connectivity index (χ1n) is 7.01. The highest BCUT2D eigenvalue weighted by molar-refractivity contribution is 7.18. The van der Waals surface area contributed by atoms with Crippen molar-refractivity contribution in [3.05, 3.63) is 53.1 Å². The third kappa shape index (κ3) is 3.22. The summed E-state index contributed by atoms with van der Waals surface area (Å²) in [4.78, 5) is 4.32. The first-order chi connectivity index (χ1) is 11.0. The molecule has 3 rings (SSSR count). The van der Waals surface area contributed by atoms with Gasteiger partial charge in [0.1, 0.15) is 0 Å². The van der Waals surface area contributed by atoms with E-state index in [-0.39, 0.29) is 11.5 Å². The molecule has 0 spiro atoms. The van der Waals surface area contributed by atoms with Gasteiger partial charge in [-0.3, -0.25) is 0 Å². The molecule has 0 atom stereocenters. The van der Waals surface area contributed by atoms with Crippen LogP contribution in [0.3, 0.4) is 0 Å². The molecule has 3 aromatic rings. The lowest BCUT2D eigenvalue weighted by molar-refractivity contribution is 0.405. The Morgan fingerprint density at radius 1 is 1.04 bits per heavy atom. The summed E-state index contributed by atoms with van der Waals surface area (Å²) in [6.07, 6.45) is 1.74. The number of aromatic nitrogens is 2. The van der Waals surface area contributed by atoms with Gasteiger partial charge in [-0.15, -0.1) is 10.2 Å². The molecular weight excluding hydrogens is 310 g/mol. The lowest BCUT2D eigenvalue weighted by Gasteiger charge is -2.01. The van der Waals surface area contributed by atoms with Crippen LogP contribution in [0.2, 0.25) is 0 Å². The van der Waals surface area contributed by atoms with Gasteiger partial charge in [-0.25, -0.2) is 4.99 Å². The molecule has 0 bridgehead atoms. The fraction of sp³-hybridized carbons (Fsp3) is 0.118. The van der Waals surface area contributed by atoms with Gasteiger partial charge in [0.05, 0.1) is 5.56 Å². The van der Waals surface area contributed by atoms with Gasteiger partial charge in [0.15, 0.2) is 16.5 Å². The molecule has 2 N–H and O–H groups in total. The highest BCUT2D eigenvalue weighted by atomic mass is 32.1. The average Bonchev–Trinajstić information content (AvgIpc) is 3.00. The summed E-state index contributed by atoms with van der Waals surface area (Å²) in [5.41, 5.74) is 3.87. The third-order valence-corrected chi connectivity index (χ3v) is 4.38. The van der Waals surface area contributed by atoms with Crippen LogP contribution in [0.15, 0.2) is 41.4 Å². The Morgan fingerprint density at radius 2 is 1.87 bits per heavy atom. The number of phenolic OH excluding ortho intramolecular Hbond substituents is 2. The monoisotopic (exact) mass is 325 g/mol. The predicted octanol–water partition coefficient (Wildman–Crippen LogP) is 3.98. The van der Waals surface area contributed by atoms with E-state index in [1.165, 1.54) is 28.5 Å². The number of nitrogens with zero attached hydrogens (tertiary/aromatic N) is 3. The second kappa shape index (κ2) is 6.18. The molecule has 0 unspecified atom stereocenters. The van der Waals surface area contributed by atoms with E-state index >= 15 is 0 Å². The van der Waals surface area contributed by atoms with Crippen molar-refractivity contribution in [3.8, 4) is 22.1 Å². The number of rotatable bonds is 3. The number of para-hydroxylation sites is 1. The summed E-state index contributed by atoms with van der Waals surface area (Å²) in [7, 11) is 0. The van der Waals surface area contributed by atoms with Gasteiger partial charge in [0, 0.05) is 6.21 Å². The Hall–Kier alpha value is -2.73. The van der Waals surface area contributed by atoms with Crippen LogP contribution in [0.25, 0.3) is 10.6 Å². The Kier molecular flexibility index (Phi) is 4.08. The number of phenols is 2. The summed E-state index contributed by atoms with van der Waals surface area (Å²) >= 11 is 1.24. The maximum Gasteiger partial charge on any atom is 0.231 e. The van der Waals surface area contributed by atoms with Crippen LogP contribution < -0.4 is 0 Å². The number of benzene rings is 2. The van der Waals surface area contributed by atoms with Crippen LogP contribution in [-0.4, -0.2) is 26.6 Å². The molecule has 0 amide bonds. The topological polar surface area (TPSA) is 78.6 Å². The molecule has 0 aliphatic heterocycles. The summed E-state index contributed by atoms with van der Waals surface area (Å²) in [5, 5.41) is 28.4. The van der Waals surface area contributed by atoms with Gasteiger partial charge >= 0.3 is 0 Å². The normalized spacial score (nSPS) is 11.2. The fourth-order valence-corrected chi connectivity index (χ4v) is 2.77. The van der Waals surface area contributed by atoms with E-state index in [0.29, 0.717) is 15.7 Å². The second-order valence-electron chi connectivity index (χ2n) is 5.16. The van der Waals surface area contributed by atoms with Crippen molar-refractivity contribution in [2.24, 2.45) is 4.99 Å². The minimum Gasteiger partial charge on any atom is -0.504 e. The molecule has 23 heavy (non-hydrogen) atoms. The summed E-state index contributed by atoms with van der Waals surface area (Å²) < 4.78 is 0. The molecule has 1 heterocycles. The van der Waals surface area contributed by atoms with E-state index in [4.69, 9.17) is 0 Å². The maximum absolute atomic E-state index is 9.88. The van der Waals surface area contributed by atoms with Gasteiger partial charge in [0.2, 0.25) is 5.13 Å². The highest BCUT2D eigenvalue weighted by Crippen LogP contribution is 2.38. The standard InChI is InChI=1S/C17H15N3O2S/c1-10-6-7-12(8-11(10)2)9-18-17-20-19-16(23-17)13-4-3-5-14(21)15(13)22/h3-9,21-22H,1-2H3. The van der Waals surface area contributed by atoms with E-state index in [1.807, 2.05) is 12.1 Å². The third-order valence-electron chi connectivity index (χ3n) is 3.51. The highest BCUT2D eigenvalue weighted by Gasteiger charge is 2.12. The van der Waals surface area contributed by atoms with Crippen molar-refractivity contribution < 1.29 is 10.2 Å². The lowest BCUT2D eigenvalue weighted by Crippen LogP contribution is -1.85. The van der Waals surface area contributed by atoms with Crippen molar-refractivity contribution in [2.75, 3.05) is 0 Å². The van der Waals surface area contributed by atoms with Crippen molar-refractivity contribution in [1.82, 2.24) is 10.2 Å². The van der Waals surface area contributed by atoms with Crippen molar-refractivity contribution in [1.29, 1.82) is 0 Å². The Morgan fingerprint density at radius 3 is 2.65 bits per heavy atom. The van der Waals surface area contributed by atoms with Crippen LogP contribution in [0.5, 0.6) is 11.5 Å². The lowest BCUT2D eigenvalue weighted by atomic mass is 10.1. The Labute approximate surface area is 137 Å². The van der Waals surface area contributed by atoms with E-state index in [1.54, 1.807) is 18.3 Å². The average molecular weight is 325 g/mol. The molecule has 0 saturated carbocycles. The molecule has 0 radical (unpaired) electrons. The maximum atomic E-state index is 9.88. The molecular formula is C17H15N3O2S. The van der Waals surface area contributed by atoms with Crippen LogP contribution in [-0.2, 0) is 0 Å². The molecule has 0 aliphatic carbocycles. The second-order valence-corrected chi connectivity index (χ2v) is 6.12. The summed E-state index contributed by atoms with van der Waals surface area (Å²) in [6, 6.07) is 10.8. The number of aromatic hydroxyl groups is 2. The minimum atomic E-state index is -0.201. The number of hydrogen-bond donors (Lipinski definition) is 2. The zero-order valence-corrected chi connectivity index (χ0v) is 13.5. The van der Waals surface area contributed by atoms with E-state index in [0.717, 1.165) is 5.56 Å². The van der Waals surface area contributed by atoms with Crippen LogP contribution in [0.4, 0.5) is 5.13 Å². The van der Waals surface area contributed by atoms with E-state index < -0.39 is 0 Å². The zero-order valence-electron chi connectivity index (χ0n) is 12.7.